The van der Waals surface area contributed by atoms with E-state index in [1.54, 1.807) is 0 Å². The Bertz CT molecular complexity index is 1650. The zero-order valence-corrected chi connectivity index (χ0v) is 26.4. The molecule has 0 spiro atoms. The fraction of sp³-hybridized carbons (Fsp3) is 0.130. The van der Waals surface area contributed by atoms with Crippen LogP contribution >= 0.6 is 0 Å². The molecule has 0 saturated heterocycles. The quantitative estimate of drug-likeness (QED) is 0.133. The van der Waals surface area contributed by atoms with Crippen molar-refractivity contribution < 1.29 is 0 Å². The van der Waals surface area contributed by atoms with Gasteiger partial charge in [-0.15, -0.1) is 5.92 Å². The van der Waals surface area contributed by atoms with E-state index in [1.165, 1.54) is 63.8 Å². The molecule has 46 heavy (non-hydrogen) atoms. The molecule has 1 aliphatic carbocycles. The first-order valence-electron chi connectivity index (χ1n) is 16.4. The minimum atomic E-state index is -0.122. The molecule has 0 heteroatoms. The summed E-state index contributed by atoms with van der Waals surface area (Å²) in [4.78, 5) is 0. The topological polar surface area (TPSA) is 0 Å². The van der Waals surface area contributed by atoms with Gasteiger partial charge < -0.3 is 0 Å². The van der Waals surface area contributed by atoms with Crippen LogP contribution in [-0.4, -0.2) is 0 Å². The van der Waals surface area contributed by atoms with Crippen LogP contribution in [0.15, 0.2) is 182 Å². The summed E-state index contributed by atoms with van der Waals surface area (Å²) in [6.45, 7) is 0. The molecule has 0 amide bonds. The van der Waals surface area contributed by atoms with Crippen LogP contribution in [0.4, 0.5) is 0 Å². The van der Waals surface area contributed by atoms with E-state index in [-0.39, 0.29) is 5.41 Å². The standard InChI is InChI=1S/C26H20.C20H20/c1-5-13-21(14-6-1)25(22-15-7-2-8-16-22)26(23-17-9-3-10-18-23)24-19-11-4-12-20-24;1-2-10-16-20(17-11-3-1,18-12-6-4-7-13-18)19-14-8-5-9-15-19/h1-20H;4-9,12-15H,1-3,10,16H2. The minimum absolute atomic E-state index is 0.122. The van der Waals surface area contributed by atoms with Crippen molar-refractivity contribution >= 4 is 11.1 Å². The van der Waals surface area contributed by atoms with E-state index < -0.39 is 0 Å². The molecule has 6 aromatic rings. The van der Waals surface area contributed by atoms with Gasteiger partial charge in [-0.2, -0.15) is 0 Å². The van der Waals surface area contributed by atoms with E-state index in [9.17, 15) is 0 Å². The van der Waals surface area contributed by atoms with Gasteiger partial charge >= 0.3 is 0 Å². The Kier molecular flexibility index (Phi) is 10.4. The van der Waals surface area contributed by atoms with Crippen LogP contribution in [-0.2, 0) is 5.41 Å². The summed E-state index contributed by atoms with van der Waals surface area (Å²) in [6.07, 6.45) is 5.93. The summed E-state index contributed by atoms with van der Waals surface area (Å²) in [7, 11) is 0. The lowest BCUT2D eigenvalue weighted by atomic mass is 9.71. The zero-order chi connectivity index (χ0) is 31.3. The Morgan fingerprint density at radius 1 is 0.370 bits per heavy atom. The molecule has 0 fully saturated rings. The van der Waals surface area contributed by atoms with Gasteiger partial charge in [-0.1, -0.05) is 201 Å². The predicted molar refractivity (Wildman–Crippen MR) is 195 cm³/mol. The third-order valence-electron chi connectivity index (χ3n) is 8.69. The lowest BCUT2D eigenvalue weighted by Crippen LogP contribution is -2.26. The van der Waals surface area contributed by atoms with Gasteiger partial charge in [-0.3, -0.25) is 0 Å². The first-order chi connectivity index (χ1) is 22.9. The average Bonchev–Trinajstić information content (AvgIpc) is 3.13. The van der Waals surface area contributed by atoms with Crippen LogP contribution in [0, 0.1) is 11.8 Å². The van der Waals surface area contributed by atoms with Crippen LogP contribution in [0.3, 0.4) is 0 Å². The molecule has 0 atom stereocenters. The third-order valence-corrected chi connectivity index (χ3v) is 8.69. The second-order valence-corrected chi connectivity index (χ2v) is 11.7. The van der Waals surface area contributed by atoms with E-state index in [0.29, 0.717) is 0 Å². The van der Waals surface area contributed by atoms with Crippen molar-refractivity contribution in [3.05, 3.63) is 215 Å². The highest BCUT2D eigenvalue weighted by molar-refractivity contribution is 6.04. The number of benzene rings is 6. The second kappa shape index (κ2) is 15.6. The molecule has 224 valence electrons. The number of rotatable bonds is 6. The summed E-state index contributed by atoms with van der Waals surface area (Å²) in [5.41, 5.74) is 9.95. The van der Waals surface area contributed by atoms with Crippen LogP contribution in [0.5, 0.6) is 0 Å². The highest BCUT2D eigenvalue weighted by Crippen LogP contribution is 2.38. The molecule has 1 aliphatic rings. The van der Waals surface area contributed by atoms with Gasteiger partial charge in [0, 0.05) is 6.42 Å². The molecule has 0 unspecified atom stereocenters. The van der Waals surface area contributed by atoms with Gasteiger partial charge in [0.1, 0.15) is 0 Å². The molecule has 0 N–H and O–H groups in total. The van der Waals surface area contributed by atoms with Gasteiger partial charge in [0.15, 0.2) is 0 Å². The fourth-order valence-corrected chi connectivity index (χ4v) is 6.43. The van der Waals surface area contributed by atoms with Crippen molar-refractivity contribution in [3.63, 3.8) is 0 Å². The largest absolute Gasteiger partial charge is 0.102 e. The van der Waals surface area contributed by atoms with Crippen molar-refractivity contribution in [1.29, 1.82) is 0 Å². The minimum Gasteiger partial charge on any atom is -0.102 e. The van der Waals surface area contributed by atoms with Crippen molar-refractivity contribution in [3.8, 4) is 11.8 Å². The Labute approximate surface area is 275 Å². The first kappa shape index (κ1) is 30.6. The summed E-state index contributed by atoms with van der Waals surface area (Å²) in [5.74, 6) is 7.04. The van der Waals surface area contributed by atoms with E-state index in [4.69, 9.17) is 0 Å². The molecule has 0 bridgehead atoms. The van der Waals surface area contributed by atoms with Crippen molar-refractivity contribution in [1.82, 2.24) is 0 Å². The molecular formula is C46H40. The Hall–Kier alpha value is -5.38. The number of hydrogen-bond donors (Lipinski definition) is 0. The van der Waals surface area contributed by atoms with Crippen molar-refractivity contribution in [2.45, 2.75) is 37.5 Å². The summed E-state index contributed by atoms with van der Waals surface area (Å²) in [5, 5.41) is 0. The van der Waals surface area contributed by atoms with Crippen LogP contribution in [0.1, 0.15) is 65.5 Å². The normalized spacial score (nSPS) is 13.4. The van der Waals surface area contributed by atoms with Crippen LogP contribution in [0.2, 0.25) is 0 Å². The Balaban J connectivity index is 0.000000167. The Morgan fingerprint density at radius 3 is 1.04 bits per heavy atom. The molecule has 7 rings (SSSR count). The van der Waals surface area contributed by atoms with Gasteiger partial charge in [-0.05, 0) is 57.4 Å². The molecular weight excluding hydrogens is 553 g/mol. The summed E-state index contributed by atoms with van der Waals surface area (Å²) < 4.78 is 0. The molecule has 0 aliphatic heterocycles. The maximum Gasteiger partial charge on any atom is 0.0811 e. The van der Waals surface area contributed by atoms with Crippen LogP contribution in [0.25, 0.3) is 11.1 Å². The SMILES string of the molecule is C1#CC(c2ccccc2)(c2ccccc2)CCCCC1.c1ccc(C(=C(c2ccccc2)c2ccccc2)c2ccccc2)cc1. The lowest BCUT2D eigenvalue weighted by Gasteiger charge is -2.31. The lowest BCUT2D eigenvalue weighted by molar-refractivity contribution is 0.531. The van der Waals surface area contributed by atoms with E-state index in [0.717, 1.165) is 12.8 Å². The van der Waals surface area contributed by atoms with Gasteiger partial charge in [0.25, 0.3) is 0 Å². The highest BCUT2D eigenvalue weighted by Gasteiger charge is 2.32. The summed E-state index contributed by atoms with van der Waals surface area (Å²) in [6, 6.07) is 64.2. The average molecular weight is 593 g/mol. The first-order valence-corrected chi connectivity index (χ1v) is 16.4. The van der Waals surface area contributed by atoms with Gasteiger partial charge in [0.05, 0.1) is 5.41 Å². The van der Waals surface area contributed by atoms with E-state index in [2.05, 4.69) is 194 Å². The van der Waals surface area contributed by atoms with Crippen molar-refractivity contribution in [2.75, 3.05) is 0 Å². The third kappa shape index (κ3) is 7.28. The van der Waals surface area contributed by atoms with Crippen LogP contribution < -0.4 is 0 Å². The van der Waals surface area contributed by atoms with Crippen molar-refractivity contribution in [2.24, 2.45) is 0 Å². The predicted octanol–water partition coefficient (Wildman–Crippen LogP) is 11.6. The maximum absolute atomic E-state index is 3.62. The smallest absolute Gasteiger partial charge is 0.0811 e. The second-order valence-electron chi connectivity index (χ2n) is 11.7. The monoisotopic (exact) mass is 592 g/mol. The molecule has 0 nitrogen and oxygen atoms in total. The van der Waals surface area contributed by atoms with Gasteiger partial charge in [0.2, 0.25) is 0 Å². The fourth-order valence-electron chi connectivity index (χ4n) is 6.43. The maximum atomic E-state index is 3.62. The highest BCUT2D eigenvalue weighted by atomic mass is 14.3. The molecule has 0 radical (unpaired) electrons. The zero-order valence-electron chi connectivity index (χ0n) is 26.4. The molecule has 0 heterocycles. The molecule has 6 aromatic carbocycles. The molecule has 0 aromatic heterocycles. The van der Waals surface area contributed by atoms with Gasteiger partial charge in [-0.25, -0.2) is 0 Å². The molecule has 0 saturated carbocycles. The summed E-state index contributed by atoms with van der Waals surface area (Å²) >= 11 is 0. The van der Waals surface area contributed by atoms with E-state index in [1.807, 2.05) is 0 Å². The number of hydrogen-bond acceptors (Lipinski definition) is 0. The Morgan fingerprint density at radius 2 is 0.696 bits per heavy atom. The van der Waals surface area contributed by atoms with E-state index >= 15 is 0 Å².